The topological polar surface area (TPSA) is 93.1 Å². The van der Waals surface area contributed by atoms with Gasteiger partial charge in [-0.05, 0) is 60.7 Å². The maximum Gasteiger partial charge on any atom is 0.163 e. The average Bonchev–Trinajstić information content (AvgIpc) is 2.66. The van der Waals surface area contributed by atoms with Crippen LogP contribution < -0.4 is 9.47 Å². The Bertz CT molecular complexity index is 822. The van der Waals surface area contributed by atoms with Crippen LogP contribution in [0.1, 0.15) is 17.5 Å². The van der Waals surface area contributed by atoms with Crippen molar-refractivity contribution in [2.75, 3.05) is 14.2 Å². The molecule has 6 heteroatoms. The Morgan fingerprint density at radius 1 is 0.815 bits per heavy atom. The maximum atomic E-state index is 11.9. The van der Waals surface area contributed by atoms with E-state index in [2.05, 4.69) is 0 Å². The lowest BCUT2D eigenvalue weighted by atomic mass is 10.1. The van der Waals surface area contributed by atoms with Gasteiger partial charge >= 0.3 is 0 Å². The molecule has 2 rings (SSSR count). The summed E-state index contributed by atoms with van der Waals surface area (Å²) >= 11 is 0. The van der Waals surface area contributed by atoms with E-state index < -0.39 is 11.6 Å². The van der Waals surface area contributed by atoms with Crippen molar-refractivity contribution in [2.45, 2.75) is 6.42 Å². The number of ketones is 2. The Morgan fingerprint density at radius 3 is 1.59 bits per heavy atom. The predicted molar refractivity (Wildman–Crippen MR) is 102 cm³/mol. The first-order valence-electron chi connectivity index (χ1n) is 8.08. The van der Waals surface area contributed by atoms with E-state index in [0.717, 1.165) is 0 Å². The van der Waals surface area contributed by atoms with Crippen LogP contribution in [0.5, 0.6) is 23.0 Å². The first kappa shape index (κ1) is 19.8. The summed E-state index contributed by atoms with van der Waals surface area (Å²) in [6.07, 6.45) is 4.96. The Morgan fingerprint density at radius 2 is 1.22 bits per heavy atom. The minimum atomic E-state index is -0.415. The second kappa shape index (κ2) is 9.24. The first-order valence-corrected chi connectivity index (χ1v) is 8.08. The zero-order valence-electron chi connectivity index (χ0n) is 15.0. The van der Waals surface area contributed by atoms with Crippen molar-refractivity contribution in [2.24, 2.45) is 0 Å². The van der Waals surface area contributed by atoms with E-state index in [0.29, 0.717) is 22.6 Å². The molecule has 2 aromatic carbocycles. The number of rotatable bonds is 8. The smallest absolute Gasteiger partial charge is 0.163 e. The summed E-state index contributed by atoms with van der Waals surface area (Å²) in [4.78, 5) is 23.9. The lowest BCUT2D eigenvalue weighted by Crippen LogP contribution is -2.02. The van der Waals surface area contributed by atoms with Crippen molar-refractivity contribution in [1.29, 1.82) is 0 Å². The van der Waals surface area contributed by atoms with Crippen LogP contribution in [0, 0.1) is 0 Å². The minimum absolute atomic E-state index is 0.000396. The Balaban J connectivity index is 2.00. The molecule has 0 bridgehead atoms. The number of phenols is 2. The summed E-state index contributed by atoms with van der Waals surface area (Å²) in [7, 11) is 2.99. The van der Waals surface area contributed by atoms with Gasteiger partial charge in [0.15, 0.2) is 11.6 Å². The number of carbonyl (C=O) groups is 2. The number of phenolic OH excluding ortho intramolecular Hbond substituents is 2. The van der Waals surface area contributed by atoms with Crippen LogP contribution in [-0.2, 0) is 9.59 Å². The molecular weight excluding hydrogens is 348 g/mol. The molecule has 6 nitrogen and oxygen atoms in total. The number of ether oxygens (including phenoxy) is 2. The summed E-state index contributed by atoms with van der Waals surface area (Å²) in [5, 5.41) is 19.5. The SMILES string of the molecule is COc1ccc(O)c(/C=C/C(=O)CC(=O)/C=C/c2cc(OC)ccc2O)c1. The van der Waals surface area contributed by atoms with Crippen LogP contribution in [0.4, 0.5) is 0 Å². The number of methoxy groups -OCH3 is 2. The summed E-state index contributed by atoms with van der Waals surface area (Å²) in [5.41, 5.74) is 0.819. The van der Waals surface area contributed by atoms with E-state index in [1.54, 1.807) is 24.3 Å². The number of allylic oxidation sites excluding steroid dienone is 2. The van der Waals surface area contributed by atoms with Crippen LogP contribution in [0.3, 0.4) is 0 Å². The highest BCUT2D eigenvalue weighted by molar-refractivity contribution is 6.11. The van der Waals surface area contributed by atoms with E-state index in [1.165, 1.54) is 50.7 Å². The second-order valence-corrected chi connectivity index (χ2v) is 5.63. The van der Waals surface area contributed by atoms with Crippen molar-refractivity contribution in [3.63, 3.8) is 0 Å². The van der Waals surface area contributed by atoms with Crippen LogP contribution in [0.25, 0.3) is 12.2 Å². The second-order valence-electron chi connectivity index (χ2n) is 5.63. The van der Waals surface area contributed by atoms with Gasteiger partial charge in [-0.3, -0.25) is 9.59 Å². The van der Waals surface area contributed by atoms with E-state index >= 15 is 0 Å². The zero-order valence-corrected chi connectivity index (χ0v) is 15.0. The summed E-state index contributed by atoms with van der Waals surface area (Å²) in [6.45, 7) is 0. The van der Waals surface area contributed by atoms with E-state index in [1.807, 2.05) is 0 Å². The highest BCUT2D eigenvalue weighted by Crippen LogP contribution is 2.25. The van der Waals surface area contributed by atoms with Crippen LogP contribution >= 0.6 is 0 Å². The Hall–Kier alpha value is -3.54. The van der Waals surface area contributed by atoms with E-state index in [4.69, 9.17) is 9.47 Å². The molecule has 0 heterocycles. The number of hydrogen-bond acceptors (Lipinski definition) is 6. The van der Waals surface area contributed by atoms with Crippen molar-refractivity contribution < 1.29 is 29.3 Å². The van der Waals surface area contributed by atoms with Gasteiger partial charge in [-0.15, -0.1) is 0 Å². The molecule has 0 aliphatic heterocycles. The molecule has 0 fully saturated rings. The predicted octanol–water partition coefficient (Wildman–Crippen LogP) is 3.37. The molecule has 0 saturated carbocycles. The largest absolute Gasteiger partial charge is 0.507 e. The van der Waals surface area contributed by atoms with Gasteiger partial charge in [0.1, 0.15) is 23.0 Å². The molecule has 140 valence electrons. The van der Waals surface area contributed by atoms with Gasteiger partial charge in [0.25, 0.3) is 0 Å². The van der Waals surface area contributed by atoms with Crippen LogP contribution in [0.2, 0.25) is 0 Å². The third-order valence-corrected chi connectivity index (χ3v) is 3.72. The van der Waals surface area contributed by atoms with Gasteiger partial charge < -0.3 is 19.7 Å². The molecule has 0 aromatic heterocycles. The number of benzene rings is 2. The maximum absolute atomic E-state index is 11.9. The monoisotopic (exact) mass is 368 g/mol. The fourth-order valence-electron chi connectivity index (χ4n) is 2.24. The van der Waals surface area contributed by atoms with Gasteiger partial charge in [-0.25, -0.2) is 0 Å². The van der Waals surface area contributed by atoms with Gasteiger partial charge in [0.2, 0.25) is 0 Å². The lowest BCUT2D eigenvalue weighted by Gasteiger charge is -2.03. The third kappa shape index (κ3) is 5.74. The molecule has 0 amide bonds. The van der Waals surface area contributed by atoms with Gasteiger partial charge in [-0.1, -0.05) is 0 Å². The fraction of sp³-hybridized carbons (Fsp3) is 0.143. The average molecular weight is 368 g/mol. The third-order valence-electron chi connectivity index (χ3n) is 3.72. The van der Waals surface area contributed by atoms with Gasteiger partial charge in [-0.2, -0.15) is 0 Å². The molecule has 0 aliphatic carbocycles. The Labute approximate surface area is 157 Å². The summed E-state index contributed by atoms with van der Waals surface area (Å²) in [6, 6.07) is 9.25. The zero-order chi connectivity index (χ0) is 19.8. The molecular formula is C21H20O6. The molecule has 0 unspecified atom stereocenters. The highest BCUT2D eigenvalue weighted by Gasteiger charge is 2.06. The fourth-order valence-corrected chi connectivity index (χ4v) is 2.24. The summed E-state index contributed by atoms with van der Waals surface area (Å²) in [5.74, 6) is 0.247. The highest BCUT2D eigenvalue weighted by atomic mass is 16.5. The molecule has 0 aliphatic rings. The first-order chi connectivity index (χ1) is 12.9. The molecule has 27 heavy (non-hydrogen) atoms. The number of aromatic hydroxyl groups is 2. The number of carbonyl (C=O) groups excluding carboxylic acids is 2. The molecule has 0 atom stereocenters. The van der Waals surface area contributed by atoms with Crippen LogP contribution in [-0.4, -0.2) is 36.0 Å². The molecule has 2 aromatic rings. The van der Waals surface area contributed by atoms with E-state index in [-0.39, 0.29) is 17.9 Å². The van der Waals surface area contributed by atoms with Crippen molar-refractivity contribution in [1.82, 2.24) is 0 Å². The molecule has 0 radical (unpaired) electrons. The summed E-state index contributed by atoms with van der Waals surface area (Å²) < 4.78 is 10.1. The van der Waals surface area contributed by atoms with Gasteiger partial charge in [0.05, 0.1) is 20.6 Å². The molecule has 0 spiro atoms. The Kier molecular flexibility index (Phi) is 6.77. The lowest BCUT2D eigenvalue weighted by molar-refractivity contribution is -0.121. The minimum Gasteiger partial charge on any atom is -0.507 e. The van der Waals surface area contributed by atoms with Crippen LogP contribution in [0.15, 0.2) is 48.6 Å². The van der Waals surface area contributed by atoms with Crippen molar-refractivity contribution in [3.8, 4) is 23.0 Å². The van der Waals surface area contributed by atoms with E-state index in [9.17, 15) is 19.8 Å². The number of hydrogen-bond donors (Lipinski definition) is 2. The standard InChI is InChI=1S/C21H20O6/c1-26-18-7-9-20(24)14(11-18)3-5-16(22)13-17(23)6-4-15-12-19(27-2)8-10-21(15)25/h3-12,24-25H,13H2,1-2H3/b5-3+,6-4+. The molecule has 2 N–H and O–H groups in total. The van der Waals surface area contributed by atoms with Crippen molar-refractivity contribution in [3.05, 3.63) is 59.7 Å². The van der Waals surface area contributed by atoms with Gasteiger partial charge in [0, 0.05) is 11.1 Å². The van der Waals surface area contributed by atoms with Crippen molar-refractivity contribution >= 4 is 23.7 Å². The molecule has 0 saturated heterocycles. The normalized spacial score (nSPS) is 11.0. The quantitative estimate of drug-likeness (QED) is 0.548.